The molecule has 5 nitrogen and oxygen atoms in total. The molecule has 2 unspecified atom stereocenters. The average Bonchev–Trinajstić information content (AvgIpc) is 3.05. The molecule has 1 aliphatic rings. The second-order valence-electron chi connectivity index (χ2n) is 13.1. The van der Waals surface area contributed by atoms with Gasteiger partial charge in [0.05, 0.1) is 24.9 Å². The molecule has 37 heavy (non-hydrogen) atoms. The molecule has 0 aromatic rings. The molecular weight excluding hydrogens is 480 g/mol. The predicted molar refractivity (Wildman–Crippen MR) is 156 cm³/mol. The van der Waals surface area contributed by atoms with Crippen molar-refractivity contribution in [2.24, 2.45) is 11.8 Å². The molecule has 6 heteroatoms. The third-order valence-corrected chi connectivity index (χ3v) is 12.1. The van der Waals surface area contributed by atoms with Crippen molar-refractivity contribution in [3.63, 3.8) is 0 Å². The fourth-order valence-corrected chi connectivity index (χ4v) is 5.81. The van der Waals surface area contributed by atoms with Crippen molar-refractivity contribution in [3.05, 3.63) is 24.3 Å². The van der Waals surface area contributed by atoms with Crippen molar-refractivity contribution in [1.82, 2.24) is 0 Å². The Balaban J connectivity index is 3.06. The van der Waals surface area contributed by atoms with Gasteiger partial charge in [-0.25, -0.2) is 0 Å². The van der Waals surface area contributed by atoms with E-state index in [4.69, 9.17) is 13.9 Å². The molecule has 0 bridgehead atoms. The van der Waals surface area contributed by atoms with Crippen LogP contribution in [0, 0.1) is 11.8 Å². The average molecular weight is 537 g/mol. The standard InChI is InChI=1S/C31H56O5Si/c1-11-12-15-18-24(36-37(9,10)31(5,6)7)21-22-26-25(19-16-13-14-17-20-29(33)34-8)27(32)23-28(26)35-30(2,3)4/h13,16,21-22,24-26,28H,11-12,14-15,17-20,23H2,1-10H3/b16-13-,22-21+/t24?,25-,26-,28?/m1/s1. The van der Waals surface area contributed by atoms with E-state index in [0.717, 1.165) is 25.7 Å². The quantitative estimate of drug-likeness (QED) is 0.0913. The number of esters is 1. The monoisotopic (exact) mass is 536 g/mol. The van der Waals surface area contributed by atoms with Crippen molar-refractivity contribution in [2.75, 3.05) is 7.11 Å². The van der Waals surface area contributed by atoms with Gasteiger partial charge in [0.25, 0.3) is 0 Å². The highest BCUT2D eigenvalue weighted by Crippen LogP contribution is 2.40. The van der Waals surface area contributed by atoms with Gasteiger partial charge < -0.3 is 13.9 Å². The number of ketones is 1. The number of Topliss-reactive ketones (excluding diaryl/α,β-unsaturated/α-hetero) is 1. The van der Waals surface area contributed by atoms with Crippen LogP contribution in [0.2, 0.25) is 18.1 Å². The zero-order chi connectivity index (χ0) is 28.3. The molecule has 0 aliphatic heterocycles. The topological polar surface area (TPSA) is 61.8 Å². The lowest BCUT2D eigenvalue weighted by molar-refractivity contribution is -0.140. The Hall–Kier alpha value is -1.24. The Morgan fingerprint density at radius 3 is 2.32 bits per heavy atom. The molecular formula is C31H56O5Si. The van der Waals surface area contributed by atoms with Crippen molar-refractivity contribution in [2.45, 2.75) is 142 Å². The SMILES string of the molecule is CCCCCC(/C=C/[C@H]1C(OC(C)(C)C)CC(=O)[C@@H]1C/C=C\CCCC(=O)OC)O[Si](C)(C)C(C)(C)C. The third kappa shape index (κ3) is 12.4. The highest BCUT2D eigenvalue weighted by atomic mass is 28.4. The summed E-state index contributed by atoms with van der Waals surface area (Å²) in [6, 6.07) is 0. The molecule has 0 radical (unpaired) electrons. The lowest BCUT2D eigenvalue weighted by atomic mass is 9.89. The summed E-state index contributed by atoms with van der Waals surface area (Å²) in [5.74, 6) is 0.0314. The summed E-state index contributed by atoms with van der Waals surface area (Å²) in [6.07, 6.45) is 16.3. The maximum Gasteiger partial charge on any atom is 0.305 e. The Bertz CT molecular complexity index is 757. The Labute approximate surface area is 228 Å². The lowest BCUT2D eigenvalue weighted by Crippen LogP contribution is -2.43. The molecule has 0 aromatic carbocycles. The van der Waals surface area contributed by atoms with Crippen molar-refractivity contribution >= 4 is 20.1 Å². The highest BCUT2D eigenvalue weighted by Gasteiger charge is 2.43. The number of carbonyl (C=O) groups is 2. The second kappa shape index (κ2) is 15.4. The number of ether oxygens (including phenoxy) is 2. The van der Waals surface area contributed by atoms with E-state index in [0.29, 0.717) is 19.3 Å². The summed E-state index contributed by atoms with van der Waals surface area (Å²) >= 11 is 0. The maximum absolute atomic E-state index is 13.1. The number of rotatable bonds is 15. The van der Waals surface area contributed by atoms with Crippen LogP contribution in [0.15, 0.2) is 24.3 Å². The molecule has 214 valence electrons. The van der Waals surface area contributed by atoms with Crippen LogP contribution in [-0.2, 0) is 23.5 Å². The number of methoxy groups -OCH3 is 1. The van der Waals surface area contributed by atoms with E-state index < -0.39 is 8.32 Å². The van der Waals surface area contributed by atoms with Crippen LogP contribution in [0.3, 0.4) is 0 Å². The van der Waals surface area contributed by atoms with Crippen LogP contribution in [0.4, 0.5) is 0 Å². The molecule has 0 heterocycles. The third-order valence-electron chi connectivity index (χ3n) is 7.64. The van der Waals surface area contributed by atoms with Gasteiger partial charge in [0.1, 0.15) is 5.78 Å². The second-order valence-corrected chi connectivity index (χ2v) is 17.9. The first kappa shape index (κ1) is 33.8. The normalized spacial score (nSPS) is 22.3. The molecule has 1 rings (SSSR count). The number of hydrogen-bond acceptors (Lipinski definition) is 5. The van der Waals surface area contributed by atoms with Gasteiger partial charge in [0, 0.05) is 24.7 Å². The molecule has 4 atom stereocenters. The van der Waals surface area contributed by atoms with Gasteiger partial charge in [-0.3, -0.25) is 9.59 Å². The minimum atomic E-state index is -1.93. The summed E-state index contributed by atoms with van der Waals surface area (Å²) in [7, 11) is -0.513. The summed E-state index contributed by atoms with van der Waals surface area (Å²) in [4.78, 5) is 24.4. The van der Waals surface area contributed by atoms with E-state index in [1.54, 1.807) is 0 Å². The van der Waals surface area contributed by atoms with Crippen molar-refractivity contribution < 1.29 is 23.5 Å². The number of hydrogen-bond donors (Lipinski definition) is 0. The van der Waals surface area contributed by atoms with E-state index in [1.165, 1.54) is 20.0 Å². The zero-order valence-corrected chi connectivity index (χ0v) is 26.5. The van der Waals surface area contributed by atoms with Crippen molar-refractivity contribution in [1.29, 1.82) is 0 Å². The number of allylic oxidation sites excluding steroid dienone is 2. The Morgan fingerprint density at radius 1 is 1.08 bits per heavy atom. The molecule has 0 saturated heterocycles. The lowest BCUT2D eigenvalue weighted by Gasteiger charge is -2.39. The molecule has 0 spiro atoms. The van der Waals surface area contributed by atoms with Crippen LogP contribution in [0.25, 0.3) is 0 Å². The molecule has 0 amide bonds. The van der Waals surface area contributed by atoms with E-state index >= 15 is 0 Å². The van der Waals surface area contributed by atoms with Crippen LogP contribution < -0.4 is 0 Å². The Kier molecular flexibility index (Phi) is 14.0. The fraction of sp³-hybridized carbons (Fsp3) is 0.806. The summed E-state index contributed by atoms with van der Waals surface area (Å²) < 4.78 is 17.9. The van der Waals surface area contributed by atoms with Crippen molar-refractivity contribution in [3.8, 4) is 0 Å². The van der Waals surface area contributed by atoms with Crippen LogP contribution in [0.5, 0.6) is 0 Å². The van der Waals surface area contributed by atoms with Gasteiger partial charge >= 0.3 is 5.97 Å². The molecule has 1 fully saturated rings. The van der Waals surface area contributed by atoms with Crippen LogP contribution in [0.1, 0.15) is 106 Å². The van der Waals surface area contributed by atoms with Gasteiger partial charge in [-0.15, -0.1) is 0 Å². The fourth-order valence-electron chi connectivity index (χ4n) is 4.50. The smallest absolute Gasteiger partial charge is 0.305 e. The first-order valence-electron chi connectivity index (χ1n) is 14.4. The Morgan fingerprint density at radius 2 is 1.76 bits per heavy atom. The van der Waals surface area contributed by atoms with Gasteiger partial charge in [-0.1, -0.05) is 71.3 Å². The number of unbranched alkanes of at least 4 members (excludes halogenated alkanes) is 3. The first-order chi connectivity index (χ1) is 17.1. The van der Waals surface area contributed by atoms with E-state index in [-0.39, 0.29) is 46.4 Å². The molecule has 1 aliphatic carbocycles. The van der Waals surface area contributed by atoms with Crippen LogP contribution >= 0.6 is 0 Å². The largest absolute Gasteiger partial charge is 0.469 e. The van der Waals surface area contributed by atoms with Gasteiger partial charge in [-0.05, 0) is 64.6 Å². The first-order valence-corrected chi connectivity index (χ1v) is 17.3. The maximum atomic E-state index is 13.1. The molecule has 1 saturated carbocycles. The zero-order valence-electron chi connectivity index (χ0n) is 25.5. The summed E-state index contributed by atoms with van der Waals surface area (Å²) in [6.45, 7) is 19.9. The highest BCUT2D eigenvalue weighted by molar-refractivity contribution is 6.74. The minimum Gasteiger partial charge on any atom is -0.469 e. The molecule has 0 aromatic heterocycles. The predicted octanol–water partition coefficient (Wildman–Crippen LogP) is 8.19. The van der Waals surface area contributed by atoms with Gasteiger partial charge in [0.15, 0.2) is 8.32 Å². The van der Waals surface area contributed by atoms with Crippen LogP contribution in [-0.4, -0.2) is 45.0 Å². The van der Waals surface area contributed by atoms with Gasteiger partial charge in [0.2, 0.25) is 0 Å². The van der Waals surface area contributed by atoms with E-state index in [1.807, 2.05) is 0 Å². The molecule has 0 N–H and O–H groups in total. The minimum absolute atomic E-state index is 0.0307. The number of carbonyl (C=O) groups excluding carboxylic acids is 2. The van der Waals surface area contributed by atoms with E-state index in [2.05, 4.69) is 85.9 Å². The van der Waals surface area contributed by atoms with E-state index in [9.17, 15) is 9.59 Å². The summed E-state index contributed by atoms with van der Waals surface area (Å²) in [5.41, 5.74) is -0.312. The summed E-state index contributed by atoms with van der Waals surface area (Å²) in [5, 5.41) is 0.145. The van der Waals surface area contributed by atoms with Gasteiger partial charge in [-0.2, -0.15) is 0 Å².